The van der Waals surface area contributed by atoms with Crippen LogP contribution in [0.2, 0.25) is 0 Å². The molecule has 0 atom stereocenters. The molecule has 0 aliphatic rings. The zero-order valence-corrected chi connectivity index (χ0v) is 15.7. The molecular weight excluding hydrogens is 346 g/mol. The van der Waals surface area contributed by atoms with Gasteiger partial charge in [-0.2, -0.15) is 5.10 Å². The van der Waals surface area contributed by atoms with Gasteiger partial charge in [0.1, 0.15) is 11.4 Å². The van der Waals surface area contributed by atoms with Crippen LogP contribution in [-0.4, -0.2) is 19.9 Å². The van der Waals surface area contributed by atoms with Gasteiger partial charge in [0, 0.05) is 6.42 Å². The highest BCUT2D eigenvalue weighted by atomic mass is 16.3. The summed E-state index contributed by atoms with van der Waals surface area (Å²) in [5.41, 5.74) is 3.90. The van der Waals surface area contributed by atoms with Crippen molar-refractivity contribution < 1.29 is 5.11 Å². The van der Waals surface area contributed by atoms with Crippen LogP contribution in [0.25, 0.3) is 17.8 Å². The first-order valence-electron chi connectivity index (χ1n) is 9.22. The minimum atomic E-state index is 0.177. The molecule has 28 heavy (non-hydrogen) atoms. The number of aromatic nitrogens is 3. The zero-order chi connectivity index (χ0) is 19.3. The number of aryl methyl sites for hydroxylation is 1. The van der Waals surface area contributed by atoms with Gasteiger partial charge in [0.2, 0.25) is 0 Å². The highest BCUT2D eigenvalue weighted by Gasteiger charge is 2.13. The van der Waals surface area contributed by atoms with Gasteiger partial charge in [-0.3, -0.25) is 0 Å². The van der Waals surface area contributed by atoms with Crippen molar-refractivity contribution in [3.8, 4) is 11.4 Å². The molecule has 0 aliphatic carbocycles. The molecule has 4 nitrogen and oxygen atoms in total. The molecule has 0 aliphatic heterocycles. The van der Waals surface area contributed by atoms with Gasteiger partial charge in [0.05, 0.1) is 0 Å². The SMILES string of the molecule is Cc1ccc(O)c(-n2nc(Cc3ccccc3)nc2/C=C/c2ccccc2)c1. The van der Waals surface area contributed by atoms with Crippen molar-refractivity contribution in [3.05, 3.63) is 107 Å². The Morgan fingerprint density at radius 2 is 1.61 bits per heavy atom. The van der Waals surface area contributed by atoms with Crippen LogP contribution >= 0.6 is 0 Å². The van der Waals surface area contributed by atoms with E-state index in [0.29, 0.717) is 23.8 Å². The maximum absolute atomic E-state index is 10.4. The summed E-state index contributed by atoms with van der Waals surface area (Å²) >= 11 is 0. The van der Waals surface area contributed by atoms with Crippen molar-refractivity contribution in [1.82, 2.24) is 14.8 Å². The number of rotatable bonds is 5. The third-order valence-electron chi connectivity index (χ3n) is 4.46. The summed E-state index contributed by atoms with van der Waals surface area (Å²) in [6.45, 7) is 1.99. The standard InChI is InChI=1S/C24H21N3O/c1-18-12-14-22(28)21(16-18)27-24(15-13-19-8-4-2-5-9-19)25-23(26-27)17-20-10-6-3-7-11-20/h2-16,28H,17H2,1H3/b15-13+. The molecule has 1 aromatic heterocycles. The molecule has 0 saturated heterocycles. The molecule has 138 valence electrons. The van der Waals surface area contributed by atoms with Gasteiger partial charge >= 0.3 is 0 Å². The van der Waals surface area contributed by atoms with Gasteiger partial charge in [0.25, 0.3) is 0 Å². The van der Waals surface area contributed by atoms with E-state index in [1.54, 1.807) is 10.7 Å². The largest absolute Gasteiger partial charge is 0.506 e. The summed E-state index contributed by atoms with van der Waals surface area (Å²) in [6, 6.07) is 25.7. The molecule has 3 aromatic carbocycles. The highest BCUT2D eigenvalue weighted by molar-refractivity contribution is 5.67. The van der Waals surface area contributed by atoms with Gasteiger partial charge in [-0.25, -0.2) is 9.67 Å². The summed E-state index contributed by atoms with van der Waals surface area (Å²) in [4.78, 5) is 4.72. The molecule has 0 fully saturated rings. The second kappa shape index (κ2) is 7.92. The van der Waals surface area contributed by atoms with Crippen LogP contribution in [0.3, 0.4) is 0 Å². The second-order valence-corrected chi connectivity index (χ2v) is 6.70. The summed E-state index contributed by atoms with van der Waals surface area (Å²) in [6.07, 6.45) is 4.56. The summed E-state index contributed by atoms with van der Waals surface area (Å²) in [5, 5.41) is 15.1. The lowest BCUT2D eigenvalue weighted by atomic mass is 10.1. The maximum atomic E-state index is 10.4. The average molecular weight is 367 g/mol. The first-order chi connectivity index (χ1) is 13.7. The van der Waals surface area contributed by atoms with Gasteiger partial charge in [-0.1, -0.05) is 72.8 Å². The van der Waals surface area contributed by atoms with Crippen LogP contribution in [0.5, 0.6) is 5.75 Å². The van der Waals surface area contributed by atoms with Gasteiger partial charge in [-0.05, 0) is 41.8 Å². The Labute approximate surface area is 164 Å². The van der Waals surface area contributed by atoms with Crippen LogP contribution in [-0.2, 0) is 6.42 Å². The topological polar surface area (TPSA) is 50.9 Å². The molecule has 1 heterocycles. The first kappa shape index (κ1) is 17.7. The Morgan fingerprint density at radius 3 is 2.36 bits per heavy atom. The Balaban J connectivity index is 1.76. The van der Waals surface area contributed by atoms with Crippen LogP contribution < -0.4 is 0 Å². The molecule has 4 heteroatoms. The van der Waals surface area contributed by atoms with Crippen molar-refractivity contribution in [2.75, 3.05) is 0 Å². The molecule has 4 rings (SSSR count). The van der Waals surface area contributed by atoms with E-state index in [1.165, 1.54) is 0 Å². The van der Waals surface area contributed by atoms with E-state index in [2.05, 4.69) is 17.2 Å². The lowest BCUT2D eigenvalue weighted by Crippen LogP contribution is -2.01. The lowest BCUT2D eigenvalue weighted by molar-refractivity contribution is 0.470. The predicted octanol–water partition coefficient (Wildman–Crippen LogP) is 5.04. The van der Waals surface area contributed by atoms with Crippen molar-refractivity contribution in [2.24, 2.45) is 0 Å². The zero-order valence-electron chi connectivity index (χ0n) is 15.7. The highest BCUT2D eigenvalue weighted by Crippen LogP contribution is 2.24. The number of phenolic OH excluding ortho intramolecular Hbond substituents is 1. The van der Waals surface area contributed by atoms with Crippen molar-refractivity contribution >= 4 is 12.2 Å². The molecule has 0 amide bonds. The van der Waals surface area contributed by atoms with Crippen LogP contribution in [0.15, 0.2) is 78.9 Å². The van der Waals surface area contributed by atoms with Crippen LogP contribution in [0.4, 0.5) is 0 Å². The Hall–Kier alpha value is -3.66. The molecule has 0 bridgehead atoms. The van der Waals surface area contributed by atoms with Crippen molar-refractivity contribution in [2.45, 2.75) is 13.3 Å². The van der Waals surface area contributed by atoms with E-state index in [0.717, 1.165) is 16.7 Å². The number of nitrogens with zero attached hydrogens (tertiary/aromatic N) is 3. The fourth-order valence-electron chi connectivity index (χ4n) is 3.05. The van der Waals surface area contributed by atoms with E-state index in [1.807, 2.05) is 79.7 Å². The Bertz CT molecular complexity index is 1100. The fourth-order valence-corrected chi connectivity index (χ4v) is 3.05. The van der Waals surface area contributed by atoms with Crippen molar-refractivity contribution in [3.63, 3.8) is 0 Å². The van der Waals surface area contributed by atoms with E-state index in [-0.39, 0.29) is 5.75 Å². The predicted molar refractivity (Wildman–Crippen MR) is 112 cm³/mol. The minimum absolute atomic E-state index is 0.177. The van der Waals surface area contributed by atoms with Crippen LogP contribution in [0, 0.1) is 6.92 Å². The molecular formula is C24H21N3O. The summed E-state index contributed by atoms with van der Waals surface area (Å²) < 4.78 is 1.71. The molecule has 1 N–H and O–H groups in total. The number of phenols is 1. The smallest absolute Gasteiger partial charge is 0.156 e. The third-order valence-corrected chi connectivity index (χ3v) is 4.46. The minimum Gasteiger partial charge on any atom is -0.506 e. The number of hydrogen-bond acceptors (Lipinski definition) is 3. The van der Waals surface area contributed by atoms with Crippen molar-refractivity contribution in [1.29, 1.82) is 0 Å². The average Bonchev–Trinajstić information content (AvgIpc) is 3.12. The second-order valence-electron chi connectivity index (χ2n) is 6.70. The van der Waals surface area contributed by atoms with Gasteiger partial charge < -0.3 is 5.11 Å². The summed E-state index contributed by atoms with van der Waals surface area (Å²) in [7, 11) is 0. The van der Waals surface area contributed by atoms with E-state index in [9.17, 15) is 5.11 Å². The van der Waals surface area contributed by atoms with E-state index < -0.39 is 0 Å². The fraction of sp³-hybridized carbons (Fsp3) is 0.0833. The quantitative estimate of drug-likeness (QED) is 0.537. The normalized spacial score (nSPS) is 11.2. The van der Waals surface area contributed by atoms with E-state index >= 15 is 0 Å². The lowest BCUT2D eigenvalue weighted by Gasteiger charge is -2.07. The Kier molecular flexibility index (Phi) is 5.02. The molecule has 0 saturated carbocycles. The first-order valence-corrected chi connectivity index (χ1v) is 9.22. The van der Waals surface area contributed by atoms with Gasteiger partial charge in [0.15, 0.2) is 11.6 Å². The number of aromatic hydroxyl groups is 1. The molecule has 4 aromatic rings. The van der Waals surface area contributed by atoms with E-state index in [4.69, 9.17) is 4.98 Å². The summed E-state index contributed by atoms with van der Waals surface area (Å²) in [5.74, 6) is 1.56. The monoisotopic (exact) mass is 367 g/mol. The Morgan fingerprint density at radius 1 is 0.893 bits per heavy atom. The number of benzene rings is 3. The molecule has 0 radical (unpaired) electrons. The molecule has 0 unspecified atom stereocenters. The molecule has 0 spiro atoms. The van der Waals surface area contributed by atoms with Crippen LogP contribution in [0.1, 0.15) is 28.3 Å². The third kappa shape index (κ3) is 4.01. The van der Waals surface area contributed by atoms with Gasteiger partial charge in [-0.15, -0.1) is 0 Å². The number of hydrogen-bond donors (Lipinski definition) is 1. The maximum Gasteiger partial charge on any atom is 0.156 e.